The molecule has 0 saturated carbocycles. The van der Waals surface area contributed by atoms with Crippen LogP contribution in [0.4, 0.5) is 5.69 Å². The lowest BCUT2D eigenvalue weighted by molar-refractivity contribution is 0.0857. The van der Waals surface area contributed by atoms with Gasteiger partial charge in [0.2, 0.25) is 0 Å². The maximum Gasteiger partial charge on any atom is 0.261 e. The Bertz CT molecular complexity index is 906. The van der Waals surface area contributed by atoms with Gasteiger partial charge in [-0.25, -0.2) is 8.42 Å². The molecule has 1 saturated heterocycles. The monoisotopic (exact) mass is 388 g/mol. The minimum absolute atomic E-state index is 0.0353. The van der Waals surface area contributed by atoms with E-state index in [0.29, 0.717) is 24.2 Å². The number of carbonyl (C=O) groups excluding carboxylic acids is 1. The Labute approximate surface area is 160 Å². The van der Waals surface area contributed by atoms with Gasteiger partial charge in [0.05, 0.1) is 16.7 Å². The highest BCUT2D eigenvalue weighted by Crippen LogP contribution is 2.21. The summed E-state index contributed by atoms with van der Waals surface area (Å²) in [7, 11) is -3.79. The van der Waals surface area contributed by atoms with Crippen molar-refractivity contribution in [2.45, 2.75) is 37.2 Å². The Balaban J connectivity index is 1.74. The van der Waals surface area contributed by atoms with Crippen LogP contribution in [0.5, 0.6) is 0 Å². The van der Waals surface area contributed by atoms with E-state index in [9.17, 15) is 13.2 Å². The molecule has 2 aromatic carbocycles. The molecule has 0 aromatic heterocycles. The van der Waals surface area contributed by atoms with Crippen molar-refractivity contribution in [3.05, 3.63) is 59.7 Å². The predicted octanol–water partition coefficient (Wildman–Crippen LogP) is 2.96. The van der Waals surface area contributed by atoms with Crippen LogP contribution in [0.1, 0.15) is 35.7 Å². The number of nitrogens with one attached hydrogen (secondary N) is 2. The highest BCUT2D eigenvalue weighted by molar-refractivity contribution is 7.92. The zero-order valence-corrected chi connectivity index (χ0v) is 16.1. The summed E-state index contributed by atoms with van der Waals surface area (Å²) >= 11 is 0. The quantitative estimate of drug-likeness (QED) is 0.764. The Morgan fingerprint density at radius 3 is 2.74 bits per heavy atom. The third kappa shape index (κ3) is 4.87. The van der Waals surface area contributed by atoms with Crippen molar-refractivity contribution in [3.63, 3.8) is 0 Å². The zero-order chi connectivity index (χ0) is 19.3. The number of carbonyl (C=O) groups is 1. The number of hydrogen-bond acceptors (Lipinski definition) is 4. The van der Waals surface area contributed by atoms with Gasteiger partial charge in [-0.15, -0.1) is 0 Å². The van der Waals surface area contributed by atoms with Gasteiger partial charge < -0.3 is 10.1 Å². The molecule has 1 unspecified atom stereocenters. The van der Waals surface area contributed by atoms with Crippen LogP contribution in [-0.4, -0.2) is 33.6 Å². The van der Waals surface area contributed by atoms with Crippen LogP contribution >= 0.6 is 0 Å². The number of hydrogen-bond donors (Lipinski definition) is 2. The molecule has 6 nitrogen and oxygen atoms in total. The average molecular weight is 388 g/mol. The van der Waals surface area contributed by atoms with Crippen LogP contribution in [0.3, 0.4) is 0 Å². The van der Waals surface area contributed by atoms with Gasteiger partial charge in [0.25, 0.3) is 15.9 Å². The van der Waals surface area contributed by atoms with Crippen molar-refractivity contribution in [1.82, 2.24) is 5.32 Å². The maximum absolute atomic E-state index is 12.7. The SMILES string of the molecule is CCc1ccccc1NS(=O)(=O)c1cccc(C(=O)NCC2CCCO2)c1. The lowest BCUT2D eigenvalue weighted by Crippen LogP contribution is -2.31. The van der Waals surface area contributed by atoms with Gasteiger partial charge in [-0.05, 0) is 49.1 Å². The van der Waals surface area contributed by atoms with Crippen molar-refractivity contribution < 1.29 is 17.9 Å². The van der Waals surface area contributed by atoms with Gasteiger partial charge in [0, 0.05) is 18.7 Å². The average Bonchev–Trinajstić information content (AvgIpc) is 3.20. The Morgan fingerprint density at radius 2 is 2.00 bits per heavy atom. The molecular weight excluding hydrogens is 364 g/mol. The molecule has 2 aromatic rings. The van der Waals surface area contributed by atoms with Gasteiger partial charge in [-0.2, -0.15) is 0 Å². The third-order valence-corrected chi connectivity index (χ3v) is 5.93. The van der Waals surface area contributed by atoms with Crippen LogP contribution in [0.25, 0.3) is 0 Å². The Hall–Kier alpha value is -2.38. The van der Waals surface area contributed by atoms with Crippen LogP contribution < -0.4 is 10.0 Å². The highest BCUT2D eigenvalue weighted by Gasteiger charge is 2.19. The van der Waals surface area contributed by atoms with Crippen molar-refractivity contribution in [2.75, 3.05) is 17.9 Å². The molecule has 0 radical (unpaired) electrons. The Morgan fingerprint density at radius 1 is 1.19 bits per heavy atom. The Kier molecular flexibility index (Phi) is 6.13. The smallest absolute Gasteiger partial charge is 0.261 e. The number of aryl methyl sites for hydroxylation is 1. The van der Waals surface area contributed by atoms with E-state index < -0.39 is 10.0 Å². The highest BCUT2D eigenvalue weighted by atomic mass is 32.2. The van der Waals surface area contributed by atoms with Crippen molar-refractivity contribution >= 4 is 21.6 Å². The van der Waals surface area contributed by atoms with Crippen LogP contribution in [-0.2, 0) is 21.2 Å². The minimum atomic E-state index is -3.79. The maximum atomic E-state index is 12.7. The zero-order valence-electron chi connectivity index (χ0n) is 15.3. The summed E-state index contributed by atoms with van der Waals surface area (Å²) < 4.78 is 33.6. The molecule has 1 aliphatic heterocycles. The van der Waals surface area contributed by atoms with Crippen LogP contribution in [0.2, 0.25) is 0 Å². The second kappa shape index (κ2) is 8.54. The van der Waals surface area contributed by atoms with E-state index in [1.54, 1.807) is 24.3 Å². The predicted molar refractivity (Wildman–Crippen MR) is 104 cm³/mol. The molecule has 0 spiro atoms. The topological polar surface area (TPSA) is 84.5 Å². The second-order valence-corrected chi connectivity index (χ2v) is 8.17. The largest absolute Gasteiger partial charge is 0.376 e. The van der Waals surface area contributed by atoms with E-state index in [-0.39, 0.29) is 16.9 Å². The molecule has 3 rings (SSSR count). The molecule has 1 amide bonds. The summed E-state index contributed by atoms with van der Waals surface area (Å²) in [5.41, 5.74) is 1.76. The molecule has 1 atom stereocenters. The first kappa shape index (κ1) is 19.4. The molecule has 7 heteroatoms. The van der Waals surface area contributed by atoms with Gasteiger partial charge in [-0.3, -0.25) is 9.52 Å². The van der Waals surface area contributed by atoms with E-state index in [2.05, 4.69) is 10.0 Å². The van der Waals surface area contributed by atoms with E-state index >= 15 is 0 Å². The van der Waals surface area contributed by atoms with E-state index in [4.69, 9.17) is 4.74 Å². The first-order valence-corrected chi connectivity index (χ1v) is 10.6. The van der Waals surface area contributed by atoms with Gasteiger partial charge >= 0.3 is 0 Å². The summed E-state index contributed by atoms with van der Waals surface area (Å²) in [6, 6.07) is 13.3. The molecule has 0 aliphatic carbocycles. The van der Waals surface area contributed by atoms with Crippen LogP contribution in [0, 0.1) is 0 Å². The first-order valence-electron chi connectivity index (χ1n) is 9.10. The number of amides is 1. The standard InChI is InChI=1S/C20H24N2O4S/c1-2-15-7-3-4-11-19(15)22-27(24,25)18-10-5-8-16(13-18)20(23)21-14-17-9-6-12-26-17/h3-5,7-8,10-11,13,17,22H,2,6,9,12,14H2,1H3,(H,21,23). The third-order valence-electron chi connectivity index (χ3n) is 4.56. The van der Waals surface area contributed by atoms with Gasteiger partial charge in [-0.1, -0.05) is 31.2 Å². The number of rotatable bonds is 7. The first-order chi connectivity index (χ1) is 13.0. The molecule has 27 heavy (non-hydrogen) atoms. The number of sulfonamides is 1. The number of benzene rings is 2. The lowest BCUT2D eigenvalue weighted by Gasteiger charge is -2.13. The summed E-state index contributed by atoms with van der Waals surface area (Å²) in [5.74, 6) is -0.309. The normalized spacial score (nSPS) is 16.9. The second-order valence-electron chi connectivity index (χ2n) is 6.49. The number of ether oxygens (including phenoxy) is 1. The van der Waals surface area contributed by atoms with Crippen molar-refractivity contribution in [1.29, 1.82) is 0 Å². The fraction of sp³-hybridized carbons (Fsp3) is 0.350. The molecule has 1 aliphatic rings. The van der Waals surface area contributed by atoms with Crippen LogP contribution in [0.15, 0.2) is 53.4 Å². The number of anilines is 1. The fourth-order valence-corrected chi connectivity index (χ4v) is 4.20. The van der Waals surface area contributed by atoms with Crippen molar-refractivity contribution in [2.24, 2.45) is 0 Å². The fourth-order valence-electron chi connectivity index (χ4n) is 3.05. The van der Waals surface area contributed by atoms with Gasteiger partial charge in [0.15, 0.2) is 0 Å². The molecule has 2 N–H and O–H groups in total. The van der Waals surface area contributed by atoms with E-state index in [0.717, 1.165) is 25.0 Å². The van der Waals surface area contributed by atoms with E-state index in [1.807, 2.05) is 19.1 Å². The summed E-state index contributed by atoms with van der Waals surface area (Å²) in [5, 5.41) is 2.81. The molecule has 144 valence electrons. The summed E-state index contributed by atoms with van der Waals surface area (Å²) in [6.07, 6.45) is 2.67. The van der Waals surface area contributed by atoms with Crippen molar-refractivity contribution in [3.8, 4) is 0 Å². The minimum Gasteiger partial charge on any atom is -0.376 e. The molecule has 0 bridgehead atoms. The summed E-state index contributed by atoms with van der Waals surface area (Å²) in [6.45, 7) is 3.11. The molecule has 1 heterocycles. The molecular formula is C20H24N2O4S. The summed E-state index contributed by atoms with van der Waals surface area (Å²) in [4.78, 5) is 12.4. The molecule has 1 fully saturated rings. The van der Waals surface area contributed by atoms with Gasteiger partial charge in [0.1, 0.15) is 0 Å². The van der Waals surface area contributed by atoms with E-state index in [1.165, 1.54) is 12.1 Å². The number of para-hydroxylation sites is 1. The lowest BCUT2D eigenvalue weighted by atomic mass is 10.1.